The Morgan fingerprint density at radius 2 is 1.39 bits per heavy atom. The zero-order valence-corrected chi connectivity index (χ0v) is 16.4. The molecular weight excluding hydrogens is 374 g/mol. The van der Waals surface area contributed by atoms with Crippen LogP contribution in [0.2, 0.25) is 0 Å². The van der Waals surface area contributed by atoms with Crippen LogP contribution in [0.4, 0.5) is 17.3 Å². The molecule has 0 atom stereocenters. The molecule has 0 amide bonds. The Bertz CT molecular complexity index is 1060. The van der Waals surface area contributed by atoms with Crippen LogP contribution in [0.5, 0.6) is 0 Å². The zero-order valence-electron chi connectivity index (χ0n) is 15.6. The number of aryl methyl sites for hydroxylation is 2. The Morgan fingerprint density at radius 3 is 1.96 bits per heavy atom. The number of hydrogen-bond donors (Lipinski definition) is 3. The summed E-state index contributed by atoms with van der Waals surface area (Å²) in [5.74, 6) is 0.628. The maximum Gasteiger partial charge on any atom is 0.264 e. The molecule has 0 fully saturated rings. The Labute approximate surface area is 164 Å². The number of hydrogen-bond acceptors (Lipinski definition) is 6. The predicted molar refractivity (Wildman–Crippen MR) is 112 cm³/mol. The fourth-order valence-electron chi connectivity index (χ4n) is 2.57. The summed E-state index contributed by atoms with van der Waals surface area (Å²) in [6.45, 7) is 7.48. The molecule has 1 heterocycles. The van der Waals surface area contributed by atoms with Crippen LogP contribution in [0.1, 0.15) is 11.4 Å². The molecule has 144 valence electrons. The number of aromatic nitrogens is 2. The summed E-state index contributed by atoms with van der Waals surface area (Å²) in [5, 5.41) is 6.21. The van der Waals surface area contributed by atoms with E-state index in [0.29, 0.717) is 22.9 Å². The second kappa shape index (κ2) is 8.10. The topological polar surface area (TPSA) is 96.0 Å². The average molecular weight is 395 g/mol. The van der Waals surface area contributed by atoms with Crippen LogP contribution in [0, 0.1) is 13.8 Å². The third kappa shape index (κ3) is 5.08. The van der Waals surface area contributed by atoms with Gasteiger partial charge in [0.05, 0.1) is 4.90 Å². The van der Waals surface area contributed by atoms with Crippen molar-refractivity contribution in [2.75, 3.05) is 15.4 Å². The van der Waals surface area contributed by atoms with Gasteiger partial charge in [0.1, 0.15) is 5.82 Å². The summed E-state index contributed by atoms with van der Waals surface area (Å²) in [4.78, 5) is 8.33. The fourth-order valence-corrected chi connectivity index (χ4v) is 3.51. The minimum Gasteiger partial charge on any atom is -0.342 e. The summed E-state index contributed by atoms with van der Waals surface area (Å²) in [7, 11) is -3.78. The lowest BCUT2D eigenvalue weighted by Gasteiger charge is -2.13. The second-order valence-electron chi connectivity index (χ2n) is 6.20. The second-order valence-corrected chi connectivity index (χ2v) is 7.88. The molecule has 8 heteroatoms. The van der Waals surface area contributed by atoms with E-state index >= 15 is 0 Å². The van der Waals surface area contributed by atoms with Gasteiger partial charge in [-0.25, -0.2) is 23.1 Å². The first-order chi connectivity index (χ1) is 13.3. The lowest BCUT2D eigenvalue weighted by Crippen LogP contribution is -2.16. The Morgan fingerprint density at radius 1 is 0.857 bits per heavy atom. The van der Waals surface area contributed by atoms with Crippen molar-refractivity contribution in [2.45, 2.75) is 18.7 Å². The minimum atomic E-state index is -3.78. The SMILES string of the molecule is C=C(Nc1ccccc1)Nc1ccc(S(=O)(=O)Nc2nc(C)cc(C)n2)cc1. The van der Waals surface area contributed by atoms with Crippen LogP contribution in [0.15, 0.2) is 78.0 Å². The number of rotatable bonds is 7. The number of nitrogens with one attached hydrogen (secondary N) is 3. The first-order valence-corrected chi connectivity index (χ1v) is 10.0. The van der Waals surface area contributed by atoms with E-state index in [4.69, 9.17) is 0 Å². The van der Waals surface area contributed by atoms with Crippen molar-refractivity contribution in [2.24, 2.45) is 0 Å². The van der Waals surface area contributed by atoms with Crippen molar-refractivity contribution in [1.82, 2.24) is 9.97 Å². The molecule has 1 aromatic heterocycles. The molecule has 0 aliphatic heterocycles. The third-order valence-electron chi connectivity index (χ3n) is 3.74. The highest BCUT2D eigenvalue weighted by molar-refractivity contribution is 7.92. The van der Waals surface area contributed by atoms with E-state index in [9.17, 15) is 8.42 Å². The number of benzene rings is 2. The quantitative estimate of drug-likeness (QED) is 0.562. The van der Waals surface area contributed by atoms with Gasteiger partial charge in [-0.05, 0) is 56.3 Å². The van der Waals surface area contributed by atoms with Gasteiger partial charge in [-0.3, -0.25) is 0 Å². The molecule has 3 N–H and O–H groups in total. The van der Waals surface area contributed by atoms with Crippen LogP contribution in [0.25, 0.3) is 0 Å². The molecule has 0 radical (unpaired) electrons. The molecule has 0 unspecified atom stereocenters. The van der Waals surface area contributed by atoms with Crippen LogP contribution in [-0.2, 0) is 10.0 Å². The summed E-state index contributed by atoms with van der Waals surface area (Å²) in [5.41, 5.74) is 2.98. The maximum absolute atomic E-state index is 12.6. The molecule has 0 bridgehead atoms. The van der Waals surface area contributed by atoms with Gasteiger partial charge >= 0.3 is 0 Å². The van der Waals surface area contributed by atoms with E-state index in [0.717, 1.165) is 5.69 Å². The van der Waals surface area contributed by atoms with Gasteiger partial charge < -0.3 is 10.6 Å². The largest absolute Gasteiger partial charge is 0.342 e. The molecule has 3 aromatic rings. The normalized spacial score (nSPS) is 10.9. The average Bonchev–Trinajstić information content (AvgIpc) is 2.61. The fraction of sp³-hybridized carbons (Fsp3) is 0.100. The van der Waals surface area contributed by atoms with E-state index in [1.807, 2.05) is 30.3 Å². The lowest BCUT2D eigenvalue weighted by molar-refractivity contribution is 0.601. The molecule has 0 spiro atoms. The van der Waals surface area contributed by atoms with Gasteiger partial charge in [0.25, 0.3) is 10.0 Å². The molecule has 0 aliphatic rings. The van der Waals surface area contributed by atoms with Gasteiger partial charge in [-0.2, -0.15) is 0 Å². The first kappa shape index (κ1) is 19.4. The lowest BCUT2D eigenvalue weighted by atomic mass is 10.3. The summed E-state index contributed by atoms with van der Waals surface area (Å²) in [6, 6.07) is 17.7. The van der Waals surface area contributed by atoms with E-state index in [1.54, 1.807) is 32.0 Å². The standard InChI is InChI=1S/C20H21N5O2S/c1-14-13-15(2)22-20(21-14)25-28(26,27)19-11-9-18(10-12-19)24-16(3)23-17-7-5-4-6-8-17/h4-13,23-24H,3H2,1-2H3,(H,21,22,25). The molecular formula is C20H21N5O2S. The highest BCUT2D eigenvalue weighted by Crippen LogP contribution is 2.18. The number of para-hydroxylation sites is 1. The van der Waals surface area contributed by atoms with Crippen molar-refractivity contribution in [3.63, 3.8) is 0 Å². The maximum atomic E-state index is 12.6. The van der Waals surface area contributed by atoms with Gasteiger partial charge in [-0.15, -0.1) is 0 Å². The highest BCUT2D eigenvalue weighted by Gasteiger charge is 2.16. The van der Waals surface area contributed by atoms with Crippen LogP contribution >= 0.6 is 0 Å². The number of nitrogens with zero attached hydrogens (tertiary/aromatic N) is 2. The smallest absolute Gasteiger partial charge is 0.264 e. The van der Waals surface area contributed by atoms with E-state index in [2.05, 4.69) is 31.9 Å². The van der Waals surface area contributed by atoms with E-state index < -0.39 is 10.0 Å². The van der Waals surface area contributed by atoms with E-state index in [-0.39, 0.29) is 10.8 Å². The van der Waals surface area contributed by atoms with Crippen molar-refractivity contribution in [3.8, 4) is 0 Å². The summed E-state index contributed by atoms with van der Waals surface area (Å²) in [6.07, 6.45) is 0. The van der Waals surface area contributed by atoms with Gasteiger partial charge in [-0.1, -0.05) is 24.8 Å². The molecule has 0 saturated heterocycles. The van der Waals surface area contributed by atoms with Gasteiger partial charge in [0, 0.05) is 22.8 Å². The van der Waals surface area contributed by atoms with Gasteiger partial charge in [0.15, 0.2) is 0 Å². The predicted octanol–water partition coefficient (Wildman–Crippen LogP) is 3.89. The molecule has 0 saturated carbocycles. The van der Waals surface area contributed by atoms with Crippen LogP contribution in [0.3, 0.4) is 0 Å². The van der Waals surface area contributed by atoms with Crippen molar-refractivity contribution in [1.29, 1.82) is 0 Å². The van der Waals surface area contributed by atoms with Crippen molar-refractivity contribution < 1.29 is 8.42 Å². The monoisotopic (exact) mass is 395 g/mol. The van der Waals surface area contributed by atoms with Gasteiger partial charge in [0.2, 0.25) is 5.95 Å². The van der Waals surface area contributed by atoms with Crippen LogP contribution in [-0.4, -0.2) is 18.4 Å². The summed E-state index contributed by atoms with van der Waals surface area (Å²) < 4.78 is 27.5. The first-order valence-electron chi connectivity index (χ1n) is 8.55. The molecule has 28 heavy (non-hydrogen) atoms. The molecule has 0 aliphatic carbocycles. The molecule has 7 nitrogen and oxygen atoms in total. The van der Waals surface area contributed by atoms with Crippen LogP contribution < -0.4 is 15.4 Å². The third-order valence-corrected chi connectivity index (χ3v) is 5.08. The Balaban J connectivity index is 1.68. The Hall–Kier alpha value is -3.39. The van der Waals surface area contributed by atoms with Crippen molar-refractivity contribution in [3.05, 3.63) is 84.5 Å². The zero-order chi connectivity index (χ0) is 20.1. The van der Waals surface area contributed by atoms with E-state index in [1.165, 1.54) is 12.1 Å². The highest BCUT2D eigenvalue weighted by atomic mass is 32.2. The molecule has 2 aromatic carbocycles. The molecule has 3 rings (SSSR count). The minimum absolute atomic E-state index is 0.0557. The van der Waals surface area contributed by atoms with Crippen molar-refractivity contribution >= 4 is 27.3 Å². The number of anilines is 3. The number of sulfonamides is 1. The summed E-state index contributed by atoms with van der Waals surface area (Å²) >= 11 is 0. The Kier molecular flexibility index (Phi) is 5.60.